The van der Waals surface area contributed by atoms with Crippen LogP contribution in [0.3, 0.4) is 0 Å². The zero-order valence-corrected chi connectivity index (χ0v) is 12.7. The number of nitrogens with one attached hydrogen (secondary N) is 1. The van der Waals surface area contributed by atoms with E-state index in [1.54, 1.807) is 18.7 Å². The van der Waals surface area contributed by atoms with Crippen molar-refractivity contribution in [1.29, 1.82) is 0 Å². The van der Waals surface area contributed by atoms with Gasteiger partial charge in [-0.25, -0.2) is 4.79 Å². The Morgan fingerprint density at radius 3 is 2.50 bits per heavy atom. The Labute approximate surface area is 124 Å². The minimum atomic E-state index is -1.27. The maximum atomic E-state index is 11.8. The van der Waals surface area contributed by atoms with Gasteiger partial charge >= 0.3 is 5.97 Å². The molecule has 110 valence electrons. The molecule has 4 nitrogen and oxygen atoms in total. The largest absolute Gasteiger partial charge is 0.480 e. The van der Waals surface area contributed by atoms with Crippen molar-refractivity contribution in [2.75, 3.05) is 11.5 Å². The molecule has 0 aromatic heterocycles. The van der Waals surface area contributed by atoms with E-state index >= 15 is 0 Å². The molecule has 1 aromatic rings. The first-order chi connectivity index (χ1) is 9.48. The fourth-order valence-electron chi connectivity index (χ4n) is 1.86. The van der Waals surface area contributed by atoms with Crippen molar-refractivity contribution in [3.05, 3.63) is 35.9 Å². The molecule has 1 rings (SSSR count). The normalized spacial score (nSPS) is 13.5. The molecule has 1 atom stereocenters. The van der Waals surface area contributed by atoms with E-state index in [-0.39, 0.29) is 12.3 Å². The third-order valence-electron chi connectivity index (χ3n) is 2.97. The average molecular weight is 295 g/mol. The van der Waals surface area contributed by atoms with Crippen molar-refractivity contribution in [2.24, 2.45) is 0 Å². The molecular formula is C15H21NO3S. The van der Waals surface area contributed by atoms with Crippen molar-refractivity contribution < 1.29 is 14.7 Å². The summed E-state index contributed by atoms with van der Waals surface area (Å²) in [6.07, 6.45) is 0.617. The lowest BCUT2D eigenvalue weighted by atomic mass is 9.92. The van der Waals surface area contributed by atoms with Gasteiger partial charge < -0.3 is 10.4 Å². The molecule has 0 fully saturated rings. The molecule has 1 amide bonds. The van der Waals surface area contributed by atoms with Crippen molar-refractivity contribution in [3.8, 4) is 0 Å². The number of rotatable bonds is 8. The predicted octanol–water partition coefficient (Wildman–Crippen LogP) is 2.33. The number of aliphatic carboxylic acids is 1. The zero-order valence-electron chi connectivity index (χ0n) is 11.9. The number of carboxylic acids is 1. The number of hydrogen-bond donors (Lipinski definition) is 2. The molecule has 0 heterocycles. The molecule has 0 bridgehead atoms. The Morgan fingerprint density at radius 2 is 1.95 bits per heavy atom. The van der Waals surface area contributed by atoms with Crippen LogP contribution in [0.5, 0.6) is 0 Å². The Hall–Kier alpha value is -1.49. The highest BCUT2D eigenvalue weighted by molar-refractivity contribution is 7.99. The van der Waals surface area contributed by atoms with Gasteiger partial charge in [0.25, 0.3) is 0 Å². The molecule has 1 aromatic carbocycles. The first kappa shape index (κ1) is 16.6. The number of amides is 1. The van der Waals surface area contributed by atoms with Crippen LogP contribution in [0.4, 0.5) is 0 Å². The maximum Gasteiger partial charge on any atom is 0.329 e. The average Bonchev–Trinajstić information content (AvgIpc) is 2.39. The summed E-state index contributed by atoms with van der Waals surface area (Å²) in [7, 11) is 0. The van der Waals surface area contributed by atoms with E-state index in [2.05, 4.69) is 5.32 Å². The number of carbonyl (C=O) groups is 2. The Balaban J connectivity index is 2.67. The quantitative estimate of drug-likeness (QED) is 0.722. The van der Waals surface area contributed by atoms with Crippen molar-refractivity contribution in [3.63, 3.8) is 0 Å². The Kier molecular flexibility index (Phi) is 6.58. The molecule has 0 saturated carbocycles. The molecule has 0 aliphatic carbocycles. The molecular weight excluding hydrogens is 274 g/mol. The fraction of sp³-hybridized carbons (Fsp3) is 0.467. The summed E-state index contributed by atoms with van der Waals surface area (Å²) in [4.78, 5) is 23.3. The van der Waals surface area contributed by atoms with E-state index in [9.17, 15) is 14.7 Å². The Morgan fingerprint density at radius 1 is 1.30 bits per heavy atom. The van der Waals surface area contributed by atoms with Gasteiger partial charge in [-0.15, -0.1) is 0 Å². The van der Waals surface area contributed by atoms with E-state index in [1.165, 1.54) is 0 Å². The topological polar surface area (TPSA) is 66.4 Å². The van der Waals surface area contributed by atoms with Gasteiger partial charge in [0.2, 0.25) is 5.91 Å². The number of thioether (sulfide) groups is 1. The van der Waals surface area contributed by atoms with Crippen LogP contribution in [0, 0.1) is 0 Å². The summed E-state index contributed by atoms with van der Waals surface area (Å²) in [5, 5.41) is 12.0. The standard InChI is InChI=1S/C15H21NO3S/c1-3-20-10-9-13(17)16-15(2,14(18)19)11-12-7-5-4-6-8-12/h4-8H,3,9-11H2,1-2H3,(H,16,17)(H,18,19)/t15-/m1/s1. The van der Waals surface area contributed by atoms with Gasteiger partial charge in [-0.2, -0.15) is 11.8 Å². The van der Waals surface area contributed by atoms with Gasteiger partial charge in [0.15, 0.2) is 0 Å². The van der Waals surface area contributed by atoms with Crippen LogP contribution in [0.15, 0.2) is 30.3 Å². The molecule has 0 saturated heterocycles. The SMILES string of the molecule is CCSCCC(=O)N[C@](C)(Cc1ccccc1)C(=O)O. The maximum absolute atomic E-state index is 11.8. The first-order valence-electron chi connectivity index (χ1n) is 6.64. The van der Waals surface area contributed by atoms with Crippen LogP contribution in [0.25, 0.3) is 0 Å². The number of carbonyl (C=O) groups excluding carboxylic acids is 1. The van der Waals surface area contributed by atoms with E-state index in [1.807, 2.05) is 37.3 Å². The molecule has 20 heavy (non-hydrogen) atoms. The third kappa shape index (κ3) is 5.25. The van der Waals surface area contributed by atoms with Crippen LogP contribution in [-0.4, -0.2) is 34.0 Å². The smallest absolute Gasteiger partial charge is 0.329 e. The lowest BCUT2D eigenvalue weighted by molar-refractivity contribution is -0.146. The van der Waals surface area contributed by atoms with Gasteiger partial charge in [-0.05, 0) is 18.2 Å². The highest BCUT2D eigenvalue weighted by Crippen LogP contribution is 2.14. The number of benzene rings is 1. The van der Waals surface area contributed by atoms with Gasteiger partial charge in [0.05, 0.1) is 0 Å². The summed E-state index contributed by atoms with van der Waals surface area (Å²) in [5.74, 6) is 0.432. The second-order valence-corrected chi connectivity index (χ2v) is 6.19. The third-order valence-corrected chi connectivity index (χ3v) is 3.87. The molecule has 0 unspecified atom stereocenters. The first-order valence-corrected chi connectivity index (χ1v) is 7.79. The minimum Gasteiger partial charge on any atom is -0.480 e. The fourth-order valence-corrected chi connectivity index (χ4v) is 2.48. The van der Waals surface area contributed by atoms with Crippen LogP contribution in [0.2, 0.25) is 0 Å². The second kappa shape index (κ2) is 7.94. The predicted molar refractivity (Wildman–Crippen MR) is 81.9 cm³/mol. The number of carboxylic acid groups (broad SMARTS) is 1. The van der Waals surface area contributed by atoms with Crippen molar-refractivity contribution in [1.82, 2.24) is 5.32 Å². The summed E-state index contributed by atoms with van der Waals surface area (Å²) in [6, 6.07) is 9.32. The zero-order chi connectivity index (χ0) is 15.0. The van der Waals surface area contributed by atoms with E-state index in [0.717, 1.165) is 11.3 Å². The molecule has 0 aliphatic heterocycles. The van der Waals surface area contributed by atoms with Crippen LogP contribution in [0.1, 0.15) is 25.8 Å². The highest BCUT2D eigenvalue weighted by atomic mass is 32.2. The lowest BCUT2D eigenvalue weighted by Gasteiger charge is -2.26. The number of hydrogen-bond acceptors (Lipinski definition) is 3. The second-order valence-electron chi connectivity index (χ2n) is 4.79. The molecule has 0 aliphatic rings. The molecule has 2 N–H and O–H groups in total. The summed E-state index contributed by atoms with van der Waals surface area (Å²) >= 11 is 1.67. The van der Waals surface area contributed by atoms with E-state index in [0.29, 0.717) is 12.2 Å². The van der Waals surface area contributed by atoms with Crippen LogP contribution < -0.4 is 5.32 Å². The lowest BCUT2D eigenvalue weighted by Crippen LogP contribution is -2.53. The summed E-state index contributed by atoms with van der Waals surface area (Å²) in [5.41, 5.74) is -0.379. The minimum absolute atomic E-state index is 0.216. The Bertz CT molecular complexity index is 450. The van der Waals surface area contributed by atoms with Gasteiger partial charge in [-0.1, -0.05) is 37.3 Å². The highest BCUT2D eigenvalue weighted by Gasteiger charge is 2.34. The molecule has 0 radical (unpaired) electrons. The van der Waals surface area contributed by atoms with Gasteiger partial charge in [0, 0.05) is 18.6 Å². The van der Waals surface area contributed by atoms with Gasteiger partial charge in [-0.3, -0.25) is 4.79 Å². The van der Waals surface area contributed by atoms with Crippen molar-refractivity contribution in [2.45, 2.75) is 32.2 Å². The van der Waals surface area contributed by atoms with E-state index < -0.39 is 11.5 Å². The van der Waals surface area contributed by atoms with Crippen molar-refractivity contribution >= 4 is 23.6 Å². The van der Waals surface area contributed by atoms with E-state index in [4.69, 9.17) is 0 Å². The summed E-state index contributed by atoms with van der Waals surface area (Å²) in [6.45, 7) is 3.58. The molecule has 5 heteroatoms. The monoisotopic (exact) mass is 295 g/mol. The van der Waals surface area contributed by atoms with Crippen LogP contribution >= 0.6 is 11.8 Å². The van der Waals surface area contributed by atoms with Crippen LogP contribution in [-0.2, 0) is 16.0 Å². The summed E-state index contributed by atoms with van der Waals surface area (Å²) < 4.78 is 0. The van der Waals surface area contributed by atoms with Gasteiger partial charge in [0.1, 0.15) is 5.54 Å². The molecule has 0 spiro atoms.